The molecule has 0 radical (unpaired) electrons. The third kappa shape index (κ3) is 3.72. The molecular weight excluding hydrogens is 379 g/mol. The minimum Gasteiger partial charge on any atom is -0.456 e. The zero-order valence-corrected chi connectivity index (χ0v) is 14.8. The molecule has 0 bridgehead atoms. The van der Waals surface area contributed by atoms with Crippen LogP contribution in [0.25, 0.3) is 0 Å². The van der Waals surface area contributed by atoms with Gasteiger partial charge in [0.05, 0.1) is 15.0 Å². The molecule has 0 aliphatic carbocycles. The average Bonchev–Trinajstić information content (AvgIpc) is 2.54. The summed E-state index contributed by atoms with van der Waals surface area (Å²) in [7, 11) is 2.99. The highest BCUT2D eigenvalue weighted by atomic mass is 35.5. The molecule has 0 saturated heterocycles. The number of ether oxygens (including phenoxy) is 1. The third-order valence-electron chi connectivity index (χ3n) is 3.03. The SMILES string of the molecule is CN(C)C(=O)c1cc(Oc2ccc(Cl)c(Cl)c2Cl)ccc1[N+](=O)[O-]. The average molecular weight is 390 g/mol. The third-order valence-corrected chi connectivity index (χ3v) is 4.31. The molecular formula is C15H11Cl3N2O4. The first-order valence-corrected chi connectivity index (χ1v) is 7.67. The van der Waals surface area contributed by atoms with Gasteiger partial charge in [0.25, 0.3) is 11.6 Å². The molecule has 0 atom stereocenters. The first kappa shape index (κ1) is 18.3. The molecule has 9 heteroatoms. The van der Waals surface area contributed by atoms with Gasteiger partial charge in [-0.1, -0.05) is 34.8 Å². The summed E-state index contributed by atoms with van der Waals surface area (Å²) in [4.78, 5) is 23.8. The van der Waals surface area contributed by atoms with Gasteiger partial charge in [0.1, 0.15) is 22.1 Å². The van der Waals surface area contributed by atoms with Crippen LogP contribution in [0.3, 0.4) is 0 Å². The number of nitrogens with zero attached hydrogens (tertiary/aromatic N) is 2. The number of carbonyl (C=O) groups is 1. The summed E-state index contributed by atoms with van der Waals surface area (Å²) < 4.78 is 5.58. The van der Waals surface area contributed by atoms with Crippen molar-refractivity contribution in [1.29, 1.82) is 0 Å². The number of amides is 1. The molecule has 0 unspecified atom stereocenters. The number of hydrogen-bond acceptors (Lipinski definition) is 4. The Morgan fingerprint density at radius 3 is 2.38 bits per heavy atom. The van der Waals surface area contributed by atoms with E-state index in [1.807, 2.05) is 0 Å². The summed E-state index contributed by atoms with van der Waals surface area (Å²) in [6, 6.07) is 6.84. The highest BCUT2D eigenvalue weighted by molar-refractivity contribution is 6.48. The van der Waals surface area contributed by atoms with Gasteiger partial charge in [-0.05, 0) is 18.2 Å². The van der Waals surface area contributed by atoms with E-state index in [-0.39, 0.29) is 37.8 Å². The van der Waals surface area contributed by atoms with Crippen LogP contribution in [-0.2, 0) is 0 Å². The van der Waals surface area contributed by atoms with Crippen LogP contribution in [0, 0.1) is 10.1 Å². The number of nitro benzene ring substituents is 1. The Morgan fingerprint density at radius 1 is 1.12 bits per heavy atom. The van der Waals surface area contributed by atoms with E-state index in [0.717, 1.165) is 0 Å². The number of carbonyl (C=O) groups excluding carboxylic acids is 1. The molecule has 0 aliphatic heterocycles. The minimum atomic E-state index is -0.632. The van der Waals surface area contributed by atoms with E-state index in [1.54, 1.807) is 0 Å². The van der Waals surface area contributed by atoms with E-state index < -0.39 is 10.8 Å². The summed E-state index contributed by atoms with van der Waals surface area (Å²) in [6.07, 6.45) is 0. The van der Waals surface area contributed by atoms with Crippen molar-refractivity contribution in [3.63, 3.8) is 0 Å². The predicted molar refractivity (Wildman–Crippen MR) is 92.7 cm³/mol. The standard InChI is InChI=1S/C15H11Cl3N2O4/c1-19(2)15(21)9-7-8(3-5-11(9)20(22)23)24-12-6-4-10(16)13(17)14(12)18/h3-7H,1-2H3. The summed E-state index contributed by atoms with van der Waals surface area (Å²) in [5.41, 5.74) is -0.417. The van der Waals surface area contributed by atoms with Crippen LogP contribution in [0.2, 0.25) is 15.1 Å². The predicted octanol–water partition coefficient (Wildman–Crippen LogP) is 5.05. The van der Waals surface area contributed by atoms with Crippen LogP contribution < -0.4 is 4.74 Å². The molecule has 6 nitrogen and oxygen atoms in total. The van der Waals surface area contributed by atoms with Crippen molar-refractivity contribution in [3.8, 4) is 11.5 Å². The molecule has 0 aromatic heterocycles. The molecule has 0 spiro atoms. The molecule has 2 aromatic carbocycles. The van der Waals surface area contributed by atoms with Crippen LogP contribution in [0.4, 0.5) is 5.69 Å². The van der Waals surface area contributed by atoms with E-state index in [0.29, 0.717) is 0 Å². The highest BCUT2D eigenvalue weighted by Gasteiger charge is 2.23. The van der Waals surface area contributed by atoms with E-state index in [2.05, 4.69) is 0 Å². The quantitative estimate of drug-likeness (QED) is 0.417. The molecule has 0 heterocycles. The highest BCUT2D eigenvalue weighted by Crippen LogP contribution is 2.39. The van der Waals surface area contributed by atoms with Gasteiger partial charge >= 0.3 is 0 Å². The fourth-order valence-electron chi connectivity index (χ4n) is 1.86. The van der Waals surface area contributed by atoms with Crippen LogP contribution in [0.5, 0.6) is 11.5 Å². The molecule has 1 amide bonds. The maximum Gasteiger partial charge on any atom is 0.282 e. The van der Waals surface area contributed by atoms with E-state index in [1.165, 1.54) is 49.3 Å². The van der Waals surface area contributed by atoms with E-state index in [4.69, 9.17) is 39.5 Å². The second kappa shape index (κ2) is 7.25. The van der Waals surface area contributed by atoms with Gasteiger partial charge in [0.2, 0.25) is 0 Å². The molecule has 2 rings (SSSR count). The Morgan fingerprint density at radius 2 is 1.79 bits per heavy atom. The maximum atomic E-state index is 12.1. The van der Waals surface area contributed by atoms with E-state index >= 15 is 0 Å². The number of nitro groups is 1. The summed E-state index contributed by atoms with van der Waals surface area (Å²) >= 11 is 17.9. The van der Waals surface area contributed by atoms with Crippen molar-refractivity contribution in [2.45, 2.75) is 0 Å². The van der Waals surface area contributed by atoms with Crippen LogP contribution >= 0.6 is 34.8 Å². The lowest BCUT2D eigenvalue weighted by atomic mass is 10.1. The second-order valence-electron chi connectivity index (χ2n) is 4.91. The van der Waals surface area contributed by atoms with Crippen LogP contribution in [0.1, 0.15) is 10.4 Å². The Labute approximate surface area is 152 Å². The second-order valence-corrected chi connectivity index (χ2v) is 6.07. The molecule has 0 fully saturated rings. The zero-order valence-electron chi connectivity index (χ0n) is 12.5. The van der Waals surface area contributed by atoms with Gasteiger partial charge in [-0.25, -0.2) is 0 Å². The topological polar surface area (TPSA) is 72.7 Å². The molecule has 0 N–H and O–H groups in total. The first-order chi connectivity index (χ1) is 11.2. The Balaban J connectivity index is 2.46. The number of benzene rings is 2. The normalized spacial score (nSPS) is 10.4. The number of rotatable bonds is 4. The first-order valence-electron chi connectivity index (χ1n) is 6.53. The molecule has 0 saturated carbocycles. The van der Waals surface area contributed by atoms with Crippen LogP contribution in [0.15, 0.2) is 30.3 Å². The van der Waals surface area contributed by atoms with E-state index in [9.17, 15) is 14.9 Å². The maximum absolute atomic E-state index is 12.1. The Hall–Kier alpha value is -2.02. The fraction of sp³-hybridized carbons (Fsp3) is 0.133. The Kier molecular flexibility index (Phi) is 5.54. The van der Waals surface area contributed by atoms with Crippen molar-refractivity contribution in [2.75, 3.05) is 14.1 Å². The number of halogens is 3. The zero-order chi connectivity index (χ0) is 18.0. The number of hydrogen-bond donors (Lipinski definition) is 0. The van der Waals surface area contributed by atoms with Gasteiger partial charge in [-0.15, -0.1) is 0 Å². The van der Waals surface area contributed by atoms with Gasteiger partial charge < -0.3 is 9.64 Å². The molecule has 24 heavy (non-hydrogen) atoms. The lowest BCUT2D eigenvalue weighted by Gasteiger charge is -2.13. The molecule has 2 aromatic rings. The van der Waals surface area contributed by atoms with Gasteiger partial charge in [-0.2, -0.15) is 0 Å². The van der Waals surface area contributed by atoms with Crippen molar-refractivity contribution >= 4 is 46.4 Å². The van der Waals surface area contributed by atoms with Gasteiger partial charge in [0.15, 0.2) is 0 Å². The van der Waals surface area contributed by atoms with Gasteiger partial charge in [0, 0.05) is 26.2 Å². The fourth-order valence-corrected chi connectivity index (χ4v) is 2.43. The van der Waals surface area contributed by atoms with Crippen molar-refractivity contribution in [1.82, 2.24) is 4.90 Å². The van der Waals surface area contributed by atoms with Gasteiger partial charge in [-0.3, -0.25) is 14.9 Å². The van der Waals surface area contributed by atoms with Crippen molar-refractivity contribution < 1.29 is 14.5 Å². The summed E-state index contributed by atoms with van der Waals surface area (Å²) in [5, 5.41) is 11.6. The smallest absolute Gasteiger partial charge is 0.282 e. The lowest BCUT2D eigenvalue weighted by Crippen LogP contribution is -2.22. The lowest BCUT2D eigenvalue weighted by molar-refractivity contribution is -0.385. The van der Waals surface area contributed by atoms with Crippen molar-refractivity contribution in [2.24, 2.45) is 0 Å². The summed E-state index contributed by atoms with van der Waals surface area (Å²) in [5.74, 6) is -0.110. The minimum absolute atomic E-state index is 0.0984. The monoisotopic (exact) mass is 388 g/mol. The van der Waals surface area contributed by atoms with Crippen molar-refractivity contribution in [3.05, 3.63) is 61.1 Å². The molecule has 126 valence electrons. The molecule has 0 aliphatic rings. The summed E-state index contributed by atoms with van der Waals surface area (Å²) in [6.45, 7) is 0. The Bertz CT molecular complexity index is 825. The largest absolute Gasteiger partial charge is 0.456 e. The van der Waals surface area contributed by atoms with Crippen LogP contribution in [-0.4, -0.2) is 29.8 Å².